The van der Waals surface area contributed by atoms with E-state index in [1.807, 2.05) is 19.1 Å². The van der Waals surface area contributed by atoms with Crippen LogP contribution in [0.25, 0.3) is 0 Å². The van der Waals surface area contributed by atoms with Gasteiger partial charge in [0.25, 0.3) is 0 Å². The molecule has 1 aromatic rings. The second-order valence-electron chi connectivity index (χ2n) is 3.62. The number of hydrogen-bond acceptors (Lipinski definition) is 3. The summed E-state index contributed by atoms with van der Waals surface area (Å²) in [6.07, 6.45) is 3.67. The number of carbonyl (C=O) groups is 1. The quantitative estimate of drug-likeness (QED) is 0.720. The maximum Gasteiger partial charge on any atom is 0.304 e. The van der Waals surface area contributed by atoms with Gasteiger partial charge in [0.05, 0.1) is 12.7 Å². The van der Waals surface area contributed by atoms with Crippen LogP contribution in [0.15, 0.2) is 22.8 Å². The zero-order valence-electron chi connectivity index (χ0n) is 8.90. The summed E-state index contributed by atoms with van der Waals surface area (Å²) in [7, 11) is 0. The first-order valence-electron chi connectivity index (χ1n) is 5.16. The number of aryl methyl sites for hydroxylation is 1. The third-order valence-electron chi connectivity index (χ3n) is 2.24. The van der Waals surface area contributed by atoms with Gasteiger partial charge in [-0.3, -0.25) is 4.79 Å². The fourth-order valence-corrected chi connectivity index (χ4v) is 1.34. The fraction of sp³-hybridized carbons (Fsp3) is 0.545. The predicted molar refractivity (Wildman–Crippen MR) is 56.7 cm³/mol. The molecule has 0 saturated heterocycles. The molecule has 0 aromatic carbocycles. The molecule has 15 heavy (non-hydrogen) atoms. The molecule has 2 N–H and O–H groups in total. The van der Waals surface area contributed by atoms with Crippen LogP contribution in [0, 0.1) is 0 Å². The van der Waals surface area contributed by atoms with Crippen molar-refractivity contribution >= 4 is 5.97 Å². The molecule has 1 atom stereocenters. The Kier molecular flexibility index (Phi) is 4.90. The van der Waals surface area contributed by atoms with Crippen molar-refractivity contribution in [3.05, 3.63) is 24.2 Å². The Labute approximate surface area is 89.3 Å². The van der Waals surface area contributed by atoms with Crippen molar-refractivity contribution in [1.82, 2.24) is 5.32 Å². The second-order valence-corrected chi connectivity index (χ2v) is 3.62. The largest absolute Gasteiger partial charge is 0.481 e. The highest BCUT2D eigenvalue weighted by molar-refractivity contribution is 5.66. The van der Waals surface area contributed by atoms with Crippen LogP contribution >= 0.6 is 0 Å². The van der Waals surface area contributed by atoms with Crippen molar-refractivity contribution in [2.75, 3.05) is 6.54 Å². The van der Waals surface area contributed by atoms with E-state index in [9.17, 15) is 4.79 Å². The molecule has 1 unspecified atom stereocenters. The van der Waals surface area contributed by atoms with Crippen LogP contribution in [-0.4, -0.2) is 23.7 Å². The maximum absolute atomic E-state index is 10.3. The van der Waals surface area contributed by atoms with Crippen molar-refractivity contribution in [2.24, 2.45) is 0 Å². The Morgan fingerprint density at radius 2 is 2.47 bits per heavy atom. The van der Waals surface area contributed by atoms with Crippen LogP contribution in [-0.2, 0) is 11.2 Å². The lowest BCUT2D eigenvalue weighted by molar-refractivity contribution is -0.136. The standard InChI is InChI=1S/C11H17NO3/c1-9(12-7-6-11(13)14)4-5-10-3-2-8-15-10/h2-3,8-9,12H,4-7H2,1H3,(H,13,14). The molecule has 84 valence electrons. The van der Waals surface area contributed by atoms with Gasteiger partial charge in [-0.25, -0.2) is 0 Å². The van der Waals surface area contributed by atoms with Crippen molar-refractivity contribution in [3.63, 3.8) is 0 Å². The van der Waals surface area contributed by atoms with E-state index in [0.29, 0.717) is 12.6 Å². The Balaban J connectivity index is 2.08. The van der Waals surface area contributed by atoms with E-state index in [0.717, 1.165) is 18.6 Å². The molecule has 0 bridgehead atoms. The van der Waals surface area contributed by atoms with Crippen LogP contribution in [0.5, 0.6) is 0 Å². The topological polar surface area (TPSA) is 62.5 Å². The van der Waals surface area contributed by atoms with Gasteiger partial charge in [-0.05, 0) is 25.5 Å². The predicted octanol–water partition coefficient (Wildman–Crippen LogP) is 1.67. The molecule has 4 heteroatoms. The number of hydrogen-bond donors (Lipinski definition) is 2. The lowest BCUT2D eigenvalue weighted by atomic mass is 10.1. The third kappa shape index (κ3) is 5.22. The molecule has 4 nitrogen and oxygen atoms in total. The summed E-state index contributed by atoms with van der Waals surface area (Å²) in [4.78, 5) is 10.3. The first kappa shape index (κ1) is 11.8. The minimum Gasteiger partial charge on any atom is -0.481 e. The van der Waals surface area contributed by atoms with E-state index in [2.05, 4.69) is 5.32 Å². The maximum atomic E-state index is 10.3. The Bertz CT molecular complexity index is 282. The molecule has 0 amide bonds. The Hall–Kier alpha value is -1.29. The summed E-state index contributed by atoms with van der Waals surface area (Å²) >= 11 is 0. The Morgan fingerprint density at radius 3 is 3.07 bits per heavy atom. The van der Waals surface area contributed by atoms with E-state index >= 15 is 0 Å². The van der Waals surface area contributed by atoms with Crippen LogP contribution in [0.3, 0.4) is 0 Å². The van der Waals surface area contributed by atoms with E-state index in [4.69, 9.17) is 9.52 Å². The average molecular weight is 211 g/mol. The summed E-state index contributed by atoms with van der Waals surface area (Å²) in [5, 5.41) is 11.6. The minimum atomic E-state index is -0.763. The molecule has 1 heterocycles. The number of aliphatic carboxylic acids is 1. The van der Waals surface area contributed by atoms with Crippen LogP contribution in [0.2, 0.25) is 0 Å². The molecule has 1 aromatic heterocycles. The highest BCUT2D eigenvalue weighted by Crippen LogP contribution is 2.05. The van der Waals surface area contributed by atoms with Crippen LogP contribution in [0.4, 0.5) is 0 Å². The summed E-state index contributed by atoms with van der Waals surface area (Å²) < 4.78 is 5.20. The van der Waals surface area contributed by atoms with Gasteiger partial charge in [-0.15, -0.1) is 0 Å². The monoisotopic (exact) mass is 211 g/mol. The Morgan fingerprint density at radius 1 is 1.67 bits per heavy atom. The van der Waals surface area contributed by atoms with Crippen LogP contribution in [0.1, 0.15) is 25.5 Å². The van der Waals surface area contributed by atoms with Crippen molar-refractivity contribution < 1.29 is 14.3 Å². The van der Waals surface area contributed by atoms with Gasteiger partial charge in [0, 0.05) is 19.0 Å². The normalized spacial score (nSPS) is 12.6. The number of furan rings is 1. The molecular weight excluding hydrogens is 194 g/mol. The van der Waals surface area contributed by atoms with Gasteiger partial charge < -0.3 is 14.8 Å². The number of nitrogens with one attached hydrogen (secondary N) is 1. The summed E-state index contributed by atoms with van der Waals surface area (Å²) in [6, 6.07) is 4.14. The summed E-state index contributed by atoms with van der Waals surface area (Å²) in [6.45, 7) is 2.57. The van der Waals surface area contributed by atoms with Gasteiger partial charge >= 0.3 is 5.97 Å². The van der Waals surface area contributed by atoms with Crippen molar-refractivity contribution in [1.29, 1.82) is 0 Å². The molecule has 0 spiro atoms. The minimum absolute atomic E-state index is 0.172. The first-order chi connectivity index (χ1) is 7.18. The lowest BCUT2D eigenvalue weighted by Crippen LogP contribution is -2.28. The van der Waals surface area contributed by atoms with Gasteiger partial charge in [-0.1, -0.05) is 0 Å². The average Bonchev–Trinajstić information content (AvgIpc) is 2.66. The van der Waals surface area contributed by atoms with Crippen molar-refractivity contribution in [2.45, 2.75) is 32.2 Å². The third-order valence-corrected chi connectivity index (χ3v) is 2.24. The molecule has 0 aliphatic carbocycles. The smallest absolute Gasteiger partial charge is 0.304 e. The van der Waals surface area contributed by atoms with Gasteiger partial charge in [0.2, 0.25) is 0 Å². The summed E-state index contributed by atoms with van der Waals surface area (Å²) in [5.74, 6) is 0.211. The van der Waals surface area contributed by atoms with Crippen molar-refractivity contribution in [3.8, 4) is 0 Å². The molecule has 0 fully saturated rings. The molecule has 0 saturated carbocycles. The highest BCUT2D eigenvalue weighted by atomic mass is 16.4. The van der Waals surface area contributed by atoms with E-state index in [-0.39, 0.29) is 6.42 Å². The highest BCUT2D eigenvalue weighted by Gasteiger charge is 2.04. The molecule has 0 aliphatic rings. The van der Waals surface area contributed by atoms with Gasteiger partial charge in [0.1, 0.15) is 5.76 Å². The molecule has 0 aliphatic heterocycles. The molecule has 1 rings (SSSR count). The number of carboxylic acids is 1. The summed E-state index contributed by atoms with van der Waals surface area (Å²) in [5.41, 5.74) is 0. The zero-order chi connectivity index (χ0) is 11.1. The van der Waals surface area contributed by atoms with Gasteiger partial charge in [0.15, 0.2) is 0 Å². The lowest BCUT2D eigenvalue weighted by Gasteiger charge is -2.11. The van der Waals surface area contributed by atoms with E-state index < -0.39 is 5.97 Å². The van der Waals surface area contributed by atoms with Crippen LogP contribution < -0.4 is 5.32 Å². The molecule has 0 radical (unpaired) electrons. The SMILES string of the molecule is CC(CCc1ccco1)NCCC(=O)O. The molecular formula is C11H17NO3. The fourth-order valence-electron chi connectivity index (χ4n) is 1.34. The van der Waals surface area contributed by atoms with E-state index in [1.165, 1.54) is 0 Å². The van der Waals surface area contributed by atoms with E-state index in [1.54, 1.807) is 6.26 Å². The van der Waals surface area contributed by atoms with Gasteiger partial charge in [-0.2, -0.15) is 0 Å². The second kappa shape index (κ2) is 6.24. The first-order valence-corrected chi connectivity index (χ1v) is 5.16. The number of carboxylic acid groups (broad SMARTS) is 1. The number of rotatable bonds is 7. The zero-order valence-corrected chi connectivity index (χ0v) is 8.90.